The summed E-state index contributed by atoms with van der Waals surface area (Å²) in [6, 6.07) is 30.1. The Bertz CT molecular complexity index is 3100. The summed E-state index contributed by atoms with van der Waals surface area (Å²) in [6.07, 6.45) is 20.5. The summed E-state index contributed by atoms with van der Waals surface area (Å²) in [5.74, 6) is 0. The minimum absolute atomic E-state index is 0.767. The van der Waals surface area contributed by atoms with E-state index < -0.39 is 0 Å². The normalized spacial score (nSPS) is 11.8. The van der Waals surface area contributed by atoms with Gasteiger partial charge in [-0.05, 0) is 97.9 Å². The maximum atomic E-state index is 4.72. The van der Waals surface area contributed by atoms with Gasteiger partial charge in [-0.3, -0.25) is 9.36 Å². The van der Waals surface area contributed by atoms with Crippen molar-refractivity contribution in [2.75, 3.05) is 0 Å². The highest BCUT2D eigenvalue weighted by Gasteiger charge is 2.19. The molecule has 70 heavy (non-hydrogen) atoms. The molecule has 0 aliphatic carbocycles. The van der Waals surface area contributed by atoms with Crippen molar-refractivity contribution >= 4 is 21.8 Å². The van der Waals surface area contributed by atoms with Gasteiger partial charge in [0.25, 0.3) is 0 Å². The molecule has 0 unspecified atom stereocenters. The van der Waals surface area contributed by atoms with Crippen LogP contribution in [0, 0.1) is 0 Å². The fourth-order valence-electron chi connectivity index (χ4n) is 10.2. The summed E-state index contributed by atoms with van der Waals surface area (Å²) in [5.41, 5.74) is 18.0. The Morgan fingerprint density at radius 1 is 0.429 bits per heavy atom. The number of rotatable bonds is 23. The van der Waals surface area contributed by atoms with Crippen LogP contribution in [-0.4, -0.2) is 69.9 Å². The number of benzene rings is 4. The van der Waals surface area contributed by atoms with Crippen LogP contribution in [0.4, 0.5) is 0 Å². The van der Waals surface area contributed by atoms with Crippen molar-refractivity contribution in [3.8, 4) is 45.0 Å². The first-order valence-corrected chi connectivity index (χ1v) is 25.5. The van der Waals surface area contributed by atoms with Crippen molar-refractivity contribution < 1.29 is 0 Å². The molecule has 358 valence electrons. The molecule has 14 nitrogen and oxygen atoms in total. The van der Waals surface area contributed by atoms with E-state index >= 15 is 0 Å². The molecule has 0 spiro atoms. The van der Waals surface area contributed by atoms with Crippen LogP contribution in [0.25, 0.3) is 66.8 Å². The van der Waals surface area contributed by atoms with Crippen LogP contribution in [-0.2, 0) is 64.7 Å². The molecule has 0 aliphatic rings. The zero-order valence-electron chi connectivity index (χ0n) is 41.1. The van der Waals surface area contributed by atoms with Crippen molar-refractivity contribution in [1.29, 1.82) is 0 Å². The SMILES string of the molecule is CCc1cc(-c2nnn(CCCCCCCCn3nnc(-c4ccc(-c5cn(CCc6c[nH]c7ccccc67)nn5)c(CC)c4)c3CC)c2CC)ccc1-c1cn(CCc2c[nH]c3ccccc23)nn1. The number of hydrogen-bond acceptors (Lipinski definition) is 8. The second kappa shape index (κ2) is 21.4. The van der Waals surface area contributed by atoms with Gasteiger partial charge in [0, 0.05) is 82.6 Å². The fourth-order valence-corrected chi connectivity index (χ4v) is 10.2. The van der Waals surface area contributed by atoms with Gasteiger partial charge in [0.15, 0.2) is 0 Å². The average molecular weight is 933 g/mol. The Kier molecular flexibility index (Phi) is 14.2. The van der Waals surface area contributed by atoms with Crippen molar-refractivity contribution in [2.45, 2.75) is 131 Å². The Balaban J connectivity index is 0.682. The molecule has 2 N–H and O–H groups in total. The first kappa shape index (κ1) is 46.3. The average Bonchev–Trinajstić information content (AvgIpc) is 4.28. The molecular weight excluding hydrogens is 869 g/mol. The smallest absolute Gasteiger partial charge is 0.116 e. The van der Waals surface area contributed by atoms with Crippen LogP contribution in [0.3, 0.4) is 0 Å². The number of aromatic nitrogens is 14. The second-order valence-electron chi connectivity index (χ2n) is 18.4. The maximum Gasteiger partial charge on any atom is 0.116 e. The minimum atomic E-state index is 0.767. The lowest BCUT2D eigenvalue weighted by molar-refractivity contribution is 0.482. The van der Waals surface area contributed by atoms with E-state index in [0.29, 0.717) is 0 Å². The van der Waals surface area contributed by atoms with Gasteiger partial charge in [-0.15, -0.1) is 20.4 Å². The van der Waals surface area contributed by atoms with Crippen LogP contribution < -0.4 is 0 Å². The van der Waals surface area contributed by atoms with Crippen molar-refractivity contribution in [2.24, 2.45) is 0 Å². The highest BCUT2D eigenvalue weighted by atomic mass is 15.4. The molecule has 0 amide bonds. The largest absolute Gasteiger partial charge is 0.361 e. The van der Waals surface area contributed by atoms with Gasteiger partial charge in [-0.2, -0.15) is 0 Å². The van der Waals surface area contributed by atoms with E-state index in [4.69, 9.17) is 10.2 Å². The first-order chi connectivity index (χ1) is 34.5. The number of unbranched alkanes of at least 4 members (excludes halogenated alkanes) is 5. The zero-order chi connectivity index (χ0) is 47.8. The molecule has 0 saturated carbocycles. The molecule has 10 aromatic rings. The summed E-state index contributed by atoms with van der Waals surface area (Å²) in [7, 11) is 0. The molecule has 4 aromatic carbocycles. The van der Waals surface area contributed by atoms with E-state index in [1.165, 1.54) is 70.1 Å². The molecule has 6 heterocycles. The number of para-hydroxylation sites is 2. The van der Waals surface area contributed by atoms with Crippen LogP contribution >= 0.6 is 0 Å². The number of nitrogens with zero attached hydrogens (tertiary/aromatic N) is 12. The number of H-pyrrole nitrogens is 2. The van der Waals surface area contributed by atoms with Gasteiger partial charge in [0.05, 0.1) is 23.8 Å². The number of aromatic amines is 2. The van der Waals surface area contributed by atoms with Gasteiger partial charge in [-0.1, -0.05) is 135 Å². The lowest BCUT2D eigenvalue weighted by Crippen LogP contribution is -2.06. The lowest BCUT2D eigenvalue weighted by atomic mass is 9.97. The highest BCUT2D eigenvalue weighted by Crippen LogP contribution is 2.32. The molecule has 0 saturated heterocycles. The van der Waals surface area contributed by atoms with E-state index in [0.717, 1.165) is 134 Å². The Morgan fingerprint density at radius 3 is 1.31 bits per heavy atom. The van der Waals surface area contributed by atoms with Crippen molar-refractivity contribution in [1.82, 2.24) is 69.9 Å². The zero-order valence-corrected chi connectivity index (χ0v) is 41.1. The Hall–Kier alpha value is -7.48. The third kappa shape index (κ3) is 9.85. The van der Waals surface area contributed by atoms with Crippen LogP contribution in [0.5, 0.6) is 0 Å². The summed E-state index contributed by atoms with van der Waals surface area (Å²) in [6.45, 7) is 12.1. The number of hydrogen-bond donors (Lipinski definition) is 2. The van der Waals surface area contributed by atoms with E-state index in [9.17, 15) is 0 Å². The number of aryl methyl sites for hydroxylation is 8. The molecule has 0 radical (unpaired) electrons. The van der Waals surface area contributed by atoms with Crippen LogP contribution in [0.2, 0.25) is 0 Å². The molecule has 14 heteroatoms. The van der Waals surface area contributed by atoms with E-state index in [-0.39, 0.29) is 0 Å². The molecule has 6 aromatic heterocycles. The van der Waals surface area contributed by atoms with Crippen LogP contribution in [0.15, 0.2) is 110 Å². The molecular formula is C56H64N14. The van der Waals surface area contributed by atoms with E-state index in [1.807, 2.05) is 9.36 Å². The fraction of sp³-hybridized carbons (Fsp3) is 0.357. The van der Waals surface area contributed by atoms with Gasteiger partial charge in [0.1, 0.15) is 22.8 Å². The van der Waals surface area contributed by atoms with Gasteiger partial charge < -0.3 is 9.97 Å². The van der Waals surface area contributed by atoms with Crippen LogP contribution in [0.1, 0.15) is 99.9 Å². The Labute approximate surface area is 409 Å². The molecule has 0 aliphatic heterocycles. The summed E-state index contributed by atoms with van der Waals surface area (Å²) in [4.78, 5) is 6.76. The molecule has 0 atom stereocenters. The lowest BCUT2D eigenvalue weighted by Gasteiger charge is -2.10. The summed E-state index contributed by atoms with van der Waals surface area (Å²) in [5, 5.41) is 39.4. The topological polar surface area (TPSA) is 154 Å². The standard InChI is InChI=1S/C56H64N14/c1-5-39-33-41(23-25-47(39)51-37-67(63-59-51)31-27-43-35-57-49-21-15-13-19-45(43)49)55-53(7-3)69(65-61-55)29-17-11-9-10-12-18-30-70-54(8-4)56(62-66-70)42-24-26-48(40(6-2)34-42)52-38-68(64-60-52)32-28-44-36-58-50-22-16-14-20-46(44)50/h13-16,19-26,33-38,57-58H,5-12,17-18,27-32H2,1-4H3. The quantitative estimate of drug-likeness (QED) is 0.0601. The van der Waals surface area contributed by atoms with E-state index in [1.54, 1.807) is 0 Å². The summed E-state index contributed by atoms with van der Waals surface area (Å²) < 4.78 is 8.15. The maximum absolute atomic E-state index is 4.72. The predicted molar refractivity (Wildman–Crippen MR) is 278 cm³/mol. The highest BCUT2D eigenvalue weighted by molar-refractivity contribution is 5.84. The first-order valence-electron chi connectivity index (χ1n) is 25.5. The monoisotopic (exact) mass is 933 g/mol. The minimum Gasteiger partial charge on any atom is -0.361 e. The van der Waals surface area contributed by atoms with Crippen molar-refractivity contribution in [3.63, 3.8) is 0 Å². The molecule has 0 bridgehead atoms. The summed E-state index contributed by atoms with van der Waals surface area (Å²) >= 11 is 0. The van der Waals surface area contributed by atoms with Gasteiger partial charge in [-0.25, -0.2) is 9.36 Å². The van der Waals surface area contributed by atoms with E-state index in [2.05, 4.69) is 188 Å². The number of nitrogens with one attached hydrogen (secondary N) is 2. The predicted octanol–water partition coefficient (Wildman–Crippen LogP) is 11.5. The molecule has 10 rings (SSSR count). The molecule has 0 fully saturated rings. The van der Waals surface area contributed by atoms with Crippen molar-refractivity contribution in [3.05, 3.63) is 143 Å². The number of fused-ring (bicyclic) bond motifs is 2. The third-order valence-corrected chi connectivity index (χ3v) is 14.1. The van der Waals surface area contributed by atoms with Gasteiger partial charge in [0.2, 0.25) is 0 Å². The third-order valence-electron chi connectivity index (χ3n) is 14.1. The second-order valence-corrected chi connectivity index (χ2v) is 18.4. The van der Waals surface area contributed by atoms with Gasteiger partial charge >= 0.3 is 0 Å². The Morgan fingerprint density at radius 2 is 0.871 bits per heavy atom.